The zero-order valence-electron chi connectivity index (χ0n) is 18.1. The summed E-state index contributed by atoms with van der Waals surface area (Å²) in [4.78, 5) is 18.7. The summed E-state index contributed by atoms with van der Waals surface area (Å²) in [6, 6.07) is 18.0. The molecular weight excluding hydrogens is 444 g/mol. The van der Waals surface area contributed by atoms with E-state index >= 15 is 0 Å². The van der Waals surface area contributed by atoms with E-state index < -0.39 is 0 Å². The van der Waals surface area contributed by atoms with E-state index in [9.17, 15) is 4.79 Å². The summed E-state index contributed by atoms with van der Waals surface area (Å²) in [5.41, 5.74) is 1.80. The van der Waals surface area contributed by atoms with Crippen molar-refractivity contribution >= 4 is 51.3 Å². The molecule has 1 heterocycles. The summed E-state index contributed by atoms with van der Waals surface area (Å²) in [6.07, 6.45) is 1.79. The second-order valence-electron chi connectivity index (χ2n) is 7.21. The number of likely N-dealkylation sites (N-methyl/N-ethyl adjacent to an activating group) is 1. The molecule has 3 aromatic rings. The van der Waals surface area contributed by atoms with Gasteiger partial charge in [-0.05, 0) is 64.9 Å². The molecule has 164 valence electrons. The lowest BCUT2D eigenvalue weighted by molar-refractivity contribution is -0.121. The van der Waals surface area contributed by atoms with Crippen LogP contribution in [0.1, 0.15) is 18.1 Å². The fourth-order valence-corrected chi connectivity index (χ4v) is 4.66. The SMILES string of the molecule is CCOc1cc(/C=C2/SC(=NC)N(C)C2=O)cc(Cl)c1OCc1ccc2ccccc2c1. The summed E-state index contributed by atoms with van der Waals surface area (Å²) >= 11 is 7.91. The van der Waals surface area contributed by atoms with Crippen molar-refractivity contribution in [1.82, 2.24) is 4.90 Å². The van der Waals surface area contributed by atoms with Crippen molar-refractivity contribution < 1.29 is 14.3 Å². The average Bonchev–Trinajstić information content (AvgIpc) is 3.06. The van der Waals surface area contributed by atoms with E-state index in [1.54, 1.807) is 26.2 Å². The van der Waals surface area contributed by atoms with Gasteiger partial charge in [-0.15, -0.1) is 0 Å². The Labute approximate surface area is 196 Å². The molecule has 3 aromatic carbocycles. The molecule has 7 heteroatoms. The summed E-state index contributed by atoms with van der Waals surface area (Å²) in [5, 5.41) is 3.43. The van der Waals surface area contributed by atoms with Gasteiger partial charge in [-0.2, -0.15) is 0 Å². The van der Waals surface area contributed by atoms with E-state index in [4.69, 9.17) is 21.1 Å². The Bertz CT molecular complexity index is 1240. The molecule has 5 nitrogen and oxygen atoms in total. The molecule has 0 aromatic heterocycles. The first-order chi connectivity index (χ1) is 15.5. The number of hydrogen-bond acceptors (Lipinski definition) is 5. The summed E-state index contributed by atoms with van der Waals surface area (Å²) in [5.74, 6) is 0.935. The van der Waals surface area contributed by atoms with Crippen LogP contribution in [0.3, 0.4) is 0 Å². The van der Waals surface area contributed by atoms with Gasteiger partial charge in [0.25, 0.3) is 5.91 Å². The first-order valence-electron chi connectivity index (χ1n) is 10.2. The van der Waals surface area contributed by atoms with Gasteiger partial charge in [0.2, 0.25) is 0 Å². The van der Waals surface area contributed by atoms with Crippen molar-refractivity contribution in [2.24, 2.45) is 4.99 Å². The average molecular weight is 467 g/mol. The number of nitrogens with zero attached hydrogens (tertiary/aromatic N) is 2. The highest BCUT2D eigenvalue weighted by atomic mass is 35.5. The zero-order chi connectivity index (χ0) is 22.7. The molecule has 0 aliphatic carbocycles. The highest BCUT2D eigenvalue weighted by Crippen LogP contribution is 2.39. The van der Waals surface area contributed by atoms with Gasteiger partial charge >= 0.3 is 0 Å². The van der Waals surface area contributed by atoms with Crippen LogP contribution in [0.5, 0.6) is 11.5 Å². The molecule has 0 unspecified atom stereocenters. The zero-order valence-corrected chi connectivity index (χ0v) is 19.7. The van der Waals surface area contributed by atoms with Crippen LogP contribution in [-0.4, -0.2) is 36.7 Å². The predicted octanol–water partition coefficient (Wildman–Crippen LogP) is 6.00. The number of benzene rings is 3. The van der Waals surface area contributed by atoms with E-state index in [-0.39, 0.29) is 5.91 Å². The molecule has 1 aliphatic heterocycles. The summed E-state index contributed by atoms with van der Waals surface area (Å²) < 4.78 is 11.9. The second-order valence-corrected chi connectivity index (χ2v) is 8.63. The van der Waals surface area contributed by atoms with E-state index in [1.807, 2.05) is 31.2 Å². The van der Waals surface area contributed by atoms with Crippen molar-refractivity contribution in [2.45, 2.75) is 13.5 Å². The number of fused-ring (bicyclic) bond motifs is 1. The van der Waals surface area contributed by atoms with Crippen molar-refractivity contribution in [3.05, 3.63) is 75.7 Å². The van der Waals surface area contributed by atoms with Crippen LogP contribution in [0.15, 0.2) is 64.5 Å². The predicted molar refractivity (Wildman–Crippen MR) is 133 cm³/mol. The van der Waals surface area contributed by atoms with E-state index in [1.165, 1.54) is 22.0 Å². The number of aliphatic imine (C=N–C) groups is 1. The smallest absolute Gasteiger partial charge is 0.266 e. The molecule has 1 amide bonds. The minimum Gasteiger partial charge on any atom is -0.490 e. The molecule has 1 fully saturated rings. The van der Waals surface area contributed by atoms with Crippen LogP contribution in [-0.2, 0) is 11.4 Å². The first kappa shape index (κ1) is 22.2. The Morgan fingerprint density at radius 1 is 1.09 bits per heavy atom. The Morgan fingerprint density at radius 2 is 1.88 bits per heavy atom. The molecule has 0 bridgehead atoms. The highest BCUT2D eigenvalue weighted by molar-refractivity contribution is 8.18. The summed E-state index contributed by atoms with van der Waals surface area (Å²) in [6.45, 7) is 2.73. The standard InChI is InChI=1S/C25H23ClN2O3S/c1-4-30-21-13-17(14-22-24(29)28(3)25(27-2)32-22)12-20(26)23(21)31-15-16-9-10-18-7-5-6-8-19(18)11-16/h5-14H,4,15H2,1-3H3/b22-14+,27-25?. The van der Waals surface area contributed by atoms with Crippen molar-refractivity contribution in [2.75, 3.05) is 20.7 Å². The summed E-state index contributed by atoms with van der Waals surface area (Å²) in [7, 11) is 3.38. The number of amidine groups is 1. The molecule has 0 atom stereocenters. The van der Waals surface area contributed by atoms with Crippen LogP contribution >= 0.6 is 23.4 Å². The maximum Gasteiger partial charge on any atom is 0.266 e. The topological polar surface area (TPSA) is 51.1 Å². The number of carbonyl (C=O) groups is 1. The maximum absolute atomic E-state index is 12.5. The van der Waals surface area contributed by atoms with E-state index in [0.29, 0.717) is 39.8 Å². The largest absolute Gasteiger partial charge is 0.490 e. The monoisotopic (exact) mass is 466 g/mol. The Kier molecular flexibility index (Phi) is 6.72. The Balaban J connectivity index is 1.60. The van der Waals surface area contributed by atoms with Crippen LogP contribution in [0.4, 0.5) is 0 Å². The maximum atomic E-state index is 12.5. The fraction of sp³-hybridized carbons (Fsp3) is 0.200. The van der Waals surface area contributed by atoms with E-state index in [0.717, 1.165) is 16.5 Å². The molecule has 0 saturated carbocycles. The van der Waals surface area contributed by atoms with Gasteiger partial charge in [0.1, 0.15) is 6.61 Å². The molecule has 0 radical (unpaired) electrons. The lowest BCUT2D eigenvalue weighted by Crippen LogP contribution is -2.23. The third-order valence-corrected chi connectivity index (χ3v) is 6.45. The van der Waals surface area contributed by atoms with Crippen molar-refractivity contribution in [3.63, 3.8) is 0 Å². The lowest BCUT2D eigenvalue weighted by Gasteiger charge is -2.15. The molecule has 4 rings (SSSR count). The number of amides is 1. The van der Waals surface area contributed by atoms with Gasteiger partial charge in [-0.1, -0.05) is 48.0 Å². The van der Waals surface area contributed by atoms with Crippen molar-refractivity contribution in [3.8, 4) is 11.5 Å². The number of thioether (sulfide) groups is 1. The highest BCUT2D eigenvalue weighted by Gasteiger charge is 2.29. The van der Waals surface area contributed by atoms with Gasteiger partial charge in [-0.3, -0.25) is 14.7 Å². The number of carbonyl (C=O) groups excluding carboxylic acids is 1. The number of hydrogen-bond donors (Lipinski definition) is 0. The fourth-order valence-electron chi connectivity index (χ4n) is 3.46. The molecule has 1 aliphatic rings. The molecule has 0 spiro atoms. The second kappa shape index (κ2) is 9.67. The van der Waals surface area contributed by atoms with Gasteiger partial charge < -0.3 is 9.47 Å². The third-order valence-electron chi connectivity index (χ3n) is 5.02. The quantitative estimate of drug-likeness (QED) is 0.418. The number of ether oxygens (including phenoxy) is 2. The molecule has 32 heavy (non-hydrogen) atoms. The molecule has 0 N–H and O–H groups in total. The van der Waals surface area contributed by atoms with Crippen molar-refractivity contribution in [1.29, 1.82) is 0 Å². The Hall–Kier alpha value is -2.96. The van der Waals surface area contributed by atoms with Gasteiger partial charge in [0, 0.05) is 14.1 Å². The van der Waals surface area contributed by atoms with Gasteiger partial charge in [0.15, 0.2) is 16.7 Å². The number of halogens is 1. The normalized spacial score (nSPS) is 16.4. The third kappa shape index (κ3) is 4.61. The van der Waals surface area contributed by atoms with Gasteiger partial charge in [-0.25, -0.2) is 0 Å². The van der Waals surface area contributed by atoms with E-state index in [2.05, 4.69) is 29.3 Å². The lowest BCUT2D eigenvalue weighted by atomic mass is 10.1. The van der Waals surface area contributed by atoms with Crippen LogP contribution in [0.2, 0.25) is 5.02 Å². The Morgan fingerprint density at radius 3 is 2.59 bits per heavy atom. The van der Waals surface area contributed by atoms with Crippen LogP contribution in [0.25, 0.3) is 16.8 Å². The minimum atomic E-state index is -0.0960. The first-order valence-corrected chi connectivity index (χ1v) is 11.4. The number of rotatable bonds is 6. The van der Waals surface area contributed by atoms with Crippen LogP contribution in [0, 0.1) is 0 Å². The molecular formula is C25H23ClN2O3S. The van der Waals surface area contributed by atoms with Gasteiger partial charge in [0.05, 0.1) is 16.5 Å². The molecule has 1 saturated heterocycles. The van der Waals surface area contributed by atoms with Crippen LogP contribution < -0.4 is 9.47 Å². The minimum absolute atomic E-state index is 0.0960.